The minimum absolute atomic E-state index is 0.116. The van der Waals surface area contributed by atoms with Crippen LogP contribution in [0.25, 0.3) is 0 Å². The zero-order valence-corrected chi connectivity index (χ0v) is 12.8. The second-order valence-electron chi connectivity index (χ2n) is 5.70. The molecule has 1 amide bonds. The van der Waals surface area contributed by atoms with Crippen LogP contribution < -0.4 is 15.8 Å². The predicted molar refractivity (Wildman–Crippen MR) is 81.4 cm³/mol. The molecular formula is C16H24N2O3. The molecule has 2 rings (SSSR count). The van der Waals surface area contributed by atoms with Crippen molar-refractivity contribution in [3.63, 3.8) is 0 Å². The maximum atomic E-state index is 12.1. The van der Waals surface area contributed by atoms with Crippen LogP contribution in [0.1, 0.15) is 24.0 Å². The molecule has 1 saturated heterocycles. The number of carbonyl (C=O) groups is 1. The van der Waals surface area contributed by atoms with Crippen molar-refractivity contribution < 1.29 is 14.3 Å². The van der Waals surface area contributed by atoms with Crippen LogP contribution in [0.5, 0.6) is 5.75 Å². The first-order valence-corrected chi connectivity index (χ1v) is 7.36. The van der Waals surface area contributed by atoms with Gasteiger partial charge in [0.15, 0.2) is 0 Å². The number of aryl methyl sites for hydroxylation is 2. The Labute approximate surface area is 125 Å². The van der Waals surface area contributed by atoms with E-state index in [9.17, 15) is 4.79 Å². The second-order valence-corrected chi connectivity index (χ2v) is 5.70. The normalized spacial score (nSPS) is 17.3. The van der Waals surface area contributed by atoms with E-state index in [0.717, 1.165) is 16.9 Å². The molecule has 0 radical (unpaired) electrons. The Morgan fingerprint density at radius 2 is 1.90 bits per heavy atom. The van der Waals surface area contributed by atoms with Gasteiger partial charge in [-0.2, -0.15) is 0 Å². The highest BCUT2D eigenvalue weighted by Gasteiger charge is 2.35. The van der Waals surface area contributed by atoms with Crippen LogP contribution in [0.15, 0.2) is 18.2 Å². The molecule has 0 bridgehead atoms. The Bertz CT molecular complexity index is 476. The first kappa shape index (κ1) is 15.8. The summed E-state index contributed by atoms with van der Waals surface area (Å²) in [6.45, 7) is 6.04. The summed E-state index contributed by atoms with van der Waals surface area (Å²) in [5.41, 5.74) is 7.64. The molecule has 0 aliphatic carbocycles. The Morgan fingerprint density at radius 3 is 2.52 bits per heavy atom. The number of rotatable bonds is 5. The third-order valence-electron chi connectivity index (χ3n) is 3.69. The van der Waals surface area contributed by atoms with Crippen LogP contribution >= 0.6 is 0 Å². The van der Waals surface area contributed by atoms with E-state index >= 15 is 0 Å². The molecule has 0 spiro atoms. The standard InChI is InChI=1S/C16H24N2O3/c1-12-9-13(2)11-14(10-12)21-8-5-18-15(19)16(17)3-6-20-7-4-16/h9-11H,3-8,17H2,1-2H3,(H,18,19). The largest absolute Gasteiger partial charge is 0.492 e. The van der Waals surface area contributed by atoms with Gasteiger partial charge in [0.1, 0.15) is 12.4 Å². The van der Waals surface area contributed by atoms with E-state index in [-0.39, 0.29) is 5.91 Å². The Kier molecular flexibility index (Phi) is 5.20. The topological polar surface area (TPSA) is 73.6 Å². The number of ether oxygens (including phenoxy) is 2. The van der Waals surface area contributed by atoms with Crippen LogP contribution in [-0.2, 0) is 9.53 Å². The van der Waals surface area contributed by atoms with E-state index in [0.29, 0.717) is 39.2 Å². The third-order valence-corrected chi connectivity index (χ3v) is 3.69. The fourth-order valence-electron chi connectivity index (χ4n) is 2.49. The SMILES string of the molecule is Cc1cc(C)cc(OCCNC(=O)C2(N)CCOCC2)c1. The highest BCUT2D eigenvalue weighted by atomic mass is 16.5. The molecule has 5 heteroatoms. The summed E-state index contributed by atoms with van der Waals surface area (Å²) in [5.74, 6) is 0.713. The molecule has 21 heavy (non-hydrogen) atoms. The van der Waals surface area contributed by atoms with E-state index in [4.69, 9.17) is 15.2 Å². The monoisotopic (exact) mass is 292 g/mol. The van der Waals surface area contributed by atoms with Gasteiger partial charge < -0.3 is 20.5 Å². The lowest BCUT2D eigenvalue weighted by atomic mass is 9.90. The van der Waals surface area contributed by atoms with Crippen LogP contribution in [0.4, 0.5) is 0 Å². The van der Waals surface area contributed by atoms with Crippen LogP contribution in [0.2, 0.25) is 0 Å². The van der Waals surface area contributed by atoms with Crippen LogP contribution in [0.3, 0.4) is 0 Å². The van der Waals surface area contributed by atoms with Crippen molar-refractivity contribution in [3.8, 4) is 5.75 Å². The molecular weight excluding hydrogens is 268 g/mol. The highest BCUT2D eigenvalue weighted by Crippen LogP contribution is 2.18. The molecule has 1 aromatic rings. The number of carbonyl (C=O) groups excluding carboxylic acids is 1. The van der Waals surface area contributed by atoms with E-state index in [1.54, 1.807) is 0 Å². The molecule has 1 aromatic carbocycles. The molecule has 116 valence electrons. The van der Waals surface area contributed by atoms with E-state index in [1.165, 1.54) is 0 Å². The molecule has 0 saturated carbocycles. The smallest absolute Gasteiger partial charge is 0.240 e. The molecule has 3 N–H and O–H groups in total. The van der Waals surface area contributed by atoms with Gasteiger partial charge in [-0.1, -0.05) is 6.07 Å². The molecule has 1 fully saturated rings. The Morgan fingerprint density at radius 1 is 1.29 bits per heavy atom. The van der Waals surface area contributed by atoms with Crippen molar-refractivity contribution in [3.05, 3.63) is 29.3 Å². The van der Waals surface area contributed by atoms with Crippen molar-refractivity contribution in [1.82, 2.24) is 5.32 Å². The molecule has 0 aromatic heterocycles. The number of nitrogens with one attached hydrogen (secondary N) is 1. The Hall–Kier alpha value is -1.59. The molecule has 0 unspecified atom stereocenters. The molecule has 1 aliphatic rings. The summed E-state index contributed by atoms with van der Waals surface area (Å²) in [6.07, 6.45) is 1.13. The quantitative estimate of drug-likeness (QED) is 0.802. The zero-order valence-electron chi connectivity index (χ0n) is 12.8. The highest BCUT2D eigenvalue weighted by molar-refractivity contribution is 5.86. The number of nitrogens with two attached hydrogens (primary N) is 1. The summed E-state index contributed by atoms with van der Waals surface area (Å²) in [5, 5.41) is 2.85. The lowest BCUT2D eigenvalue weighted by Gasteiger charge is -2.31. The van der Waals surface area contributed by atoms with Crippen LogP contribution in [-0.4, -0.2) is 37.8 Å². The minimum atomic E-state index is -0.793. The van der Waals surface area contributed by atoms with Gasteiger partial charge in [0, 0.05) is 13.2 Å². The summed E-state index contributed by atoms with van der Waals surface area (Å²) in [4.78, 5) is 12.1. The van der Waals surface area contributed by atoms with Crippen molar-refractivity contribution in [2.24, 2.45) is 5.73 Å². The minimum Gasteiger partial charge on any atom is -0.492 e. The van der Waals surface area contributed by atoms with Crippen LogP contribution in [0, 0.1) is 13.8 Å². The maximum Gasteiger partial charge on any atom is 0.240 e. The summed E-state index contributed by atoms with van der Waals surface area (Å²) < 4.78 is 10.9. The predicted octanol–water partition coefficient (Wildman–Crippen LogP) is 1.31. The third kappa shape index (κ3) is 4.44. The first-order valence-electron chi connectivity index (χ1n) is 7.36. The fourth-order valence-corrected chi connectivity index (χ4v) is 2.49. The molecule has 1 heterocycles. The number of hydrogen-bond donors (Lipinski definition) is 2. The second kappa shape index (κ2) is 6.91. The van der Waals surface area contributed by atoms with Crippen molar-refractivity contribution >= 4 is 5.91 Å². The van der Waals surface area contributed by atoms with Gasteiger partial charge in [-0.25, -0.2) is 0 Å². The summed E-state index contributed by atoms with van der Waals surface area (Å²) >= 11 is 0. The zero-order chi connectivity index (χ0) is 15.3. The summed E-state index contributed by atoms with van der Waals surface area (Å²) in [6, 6.07) is 6.06. The maximum absolute atomic E-state index is 12.1. The average molecular weight is 292 g/mol. The Balaban J connectivity index is 1.75. The van der Waals surface area contributed by atoms with Gasteiger partial charge in [0.05, 0.1) is 12.1 Å². The van der Waals surface area contributed by atoms with Gasteiger partial charge in [0.2, 0.25) is 5.91 Å². The number of benzene rings is 1. The van der Waals surface area contributed by atoms with Gasteiger partial charge >= 0.3 is 0 Å². The molecule has 0 atom stereocenters. The van der Waals surface area contributed by atoms with Gasteiger partial charge in [0.25, 0.3) is 0 Å². The van der Waals surface area contributed by atoms with Gasteiger partial charge in [-0.3, -0.25) is 4.79 Å². The average Bonchev–Trinajstić information content (AvgIpc) is 2.43. The van der Waals surface area contributed by atoms with E-state index in [2.05, 4.69) is 11.4 Å². The van der Waals surface area contributed by atoms with E-state index in [1.807, 2.05) is 26.0 Å². The lowest BCUT2D eigenvalue weighted by Crippen LogP contribution is -2.57. The molecule has 1 aliphatic heterocycles. The number of amides is 1. The van der Waals surface area contributed by atoms with Gasteiger partial charge in [-0.05, 0) is 49.9 Å². The van der Waals surface area contributed by atoms with Crippen molar-refractivity contribution in [2.45, 2.75) is 32.2 Å². The number of hydrogen-bond acceptors (Lipinski definition) is 4. The lowest BCUT2D eigenvalue weighted by molar-refractivity contribution is -0.129. The van der Waals surface area contributed by atoms with Gasteiger partial charge in [-0.15, -0.1) is 0 Å². The summed E-state index contributed by atoms with van der Waals surface area (Å²) in [7, 11) is 0. The van der Waals surface area contributed by atoms with Crippen molar-refractivity contribution in [2.75, 3.05) is 26.4 Å². The van der Waals surface area contributed by atoms with Crippen molar-refractivity contribution in [1.29, 1.82) is 0 Å². The first-order chi connectivity index (χ1) is 9.99. The fraction of sp³-hybridized carbons (Fsp3) is 0.562. The molecule has 5 nitrogen and oxygen atoms in total. The van der Waals surface area contributed by atoms with E-state index < -0.39 is 5.54 Å².